The second-order valence-corrected chi connectivity index (χ2v) is 5.51. The third kappa shape index (κ3) is 10.8. The fourth-order valence-corrected chi connectivity index (χ4v) is 2.31. The summed E-state index contributed by atoms with van der Waals surface area (Å²) in [6, 6.07) is 0. The third-order valence-corrected chi connectivity index (χ3v) is 3.66. The van der Waals surface area contributed by atoms with Crippen LogP contribution in [-0.4, -0.2) is 5.71 Å². The molecule has 0 bridgehead atoms. The molecule has 112 valence electrons. The van der Waals surface area contributed by atoms with Crippen LogP contribution in [0, 0.1) is 0 Å². The highest BCUT2D eigenvalue weighted by Gasteiger charge is 2.04. The summed E-state index contributed by atoms with van der Waals surface area (Å²) in [5.41, 5.74) is 2.21. The van der Waals surface area contributed by atoms with Crippen LogP contribution in [0.4, 0.5) is 0 Å². The standard InChI is InChI=1S/C17H34N2/c1-4-6-8-10-12-14-16(3)17(19-18)15-13-11-9-7-5-2/h3-15,18H2,1-2H3/b19-17-. The van der Waals surface area contributed by atoms with Gasteiger partial charge >= 0.3 is 0 Å². The highest BCUT2D eigenvalue weighted by molar-refractivity contribution is 5.99. The number of nitrogens with zero attached hydrogens (tertiary/aromatic N) is 1. The second kappa shape index (κ2) is 13.6. The van der Waals surface area contributed by atoms with Crippen LogP contribution in [0.2, 0.25) is 0 Å². The van der Waals surface area contributed by atoms with E-state index in [2.05, 4.69) is 25.5 Å². The Morgan fingerprint density at radius 1 is 0.789 bits per heavy atom. The highest BCUT2D eigenvalue weighted by Crippen LogP contribution is 2.15. The van der Waals surface area contributed by atoms with Gasteiger partial charge in [-0.25, -0.2) is 0 Å². The molecule has 0 rings (SSSR count). The molecule has 0 aromatic carbocycles. The van der Waals surface area contributed by atoms with Gasteiger partial charge in [0.15, 0.2) is 0 Å². The summed E-state index contributed by atoms with van der Waals surface area (Å²) >= 11 is 0. The van der Waals surface area contributed by atoms with E-state index in [0.29, 0.717) is 0 Å². The van der Waals surface area contributed by atoms with Gasteiger partial charge in [-0.3, -0.25) is 0 Å². The van der Waals surface area contributed by atoms with Crippen LogP contribution in [0.5, 0.6) is 0 Å². The van der Waals surface area contributed by atoms with Gasteiger partial charge in [-0.1, -0.05) is 71.8 Å². The van der Waals surface area contributed by atoms with Crippen LogP contribution >= 0.6 is 0 Å². The lowest BCUT2D eigenvalue weighted by Crippen LogP contribution is -2.05. The maximum absolute atomic E-state index is 5.49. The van der Waals surface area contributed by atoms with Crippen molar-refractivity contribution in [2.24, 2.45) is 10.9 Å². The SMILES string of the molecule is C=C(CCCCCCC)/C(CCCCCCC)=N\N. The van der Waals surface area contributed by atoms with E-state index < -0.39 is 0 Å². The lowest BCUT2D eigenvalue weighted by Gasteiger charge is -2.09. The van der Waals surface area contributed by atoms with E-state index in [1.807, 2.05) is 0 Å². The zero-order chi connectivity index (χ0) is 14.3. The predicted octanol–water partition coefficient (Wildman–Crippen LogP) is 5.58. The normalized spacial score (nSPS) is 11.8. The van der Waals surface area contributed by atoms with Gasteiger partial charge in [0.05, 0.1) is 5.71 Å². The van der Waals surface area contributed by atoms with Crippen LogP contribution < -0.4 is 5.84 Å². The quantitative estimate of drug-likeness (QED) is 0.201. The van der Waals surface area contributed by atoms with Crippen LogP contribution in [-0.2, 0) is 0 Å². The second-order valence-electron chi connectivity index (χ2n) is 5.51. The molecule has 0 aliphatic heterocycles. The van der Waals surface area contributed by atoms with Crippen molar-refractivity contribution in [3.05, 3.63) is 12.2 Å². The molecule has 0 aliphatic carbocycles. The molecule has 0 amide bonds. The number of unbranched alkanes of at least 4 members (excludes halogenated alkanes) is 8. The minimum Gasteiger partial charge on any atom is -0.323 e. The molecule has 2 N–H and O–H groups in total. The summed E-state index contributed by atoms with van der Waals surface area (Å²) in [7, 11) is 0. The van der Waals surface area contributed by atoms with Gasteiger partial charge in [0.1, 0.15) is 0 Å². The fourth-order valence-electron chi connectivity index (χ4n) is 2.31. The lowest BCUT2D eigenvalue weighted by atomic mass is 9.99. The molecule has 0 unspecified atom stereocenters. The van der Waals surface area contributed by atoms with E-state index in [4.69, 9.17) is 5.84 Å². The Bertz CT molecular complexity index is 244. The van der Waals surface area contributed by atoms with Crippen molar-refractivity contribution >= 4 is 5.71 Å². The number of hydrogen-bond acceptors (Lipinski definition) is 2. The molecule has 2 heteroatoms. The van der Waals surface area contributed by atoms with Crippen molar-refractivity contribution in [3.8, 4) is 0 Å². The maximum atomic E-state index is 5.49. The average Bonchev–Trinajstić information content (AvgIpc) is 2.42. The Morgan fingerprint density at radius 3 is 1.74 bits per heavy atom. The van der Waals surface area contributed by atoms with Gasteiger partial charge in [-0.2, -0.15) is 5.10 Å². The Balaban J connectivity index is 3.67. The zero-order valence-electron chi connectivity index (χ0n) is 13.2. The summed E-state index contributed by atoms with van der Waals surface area (Å²) in [6.45, 7) is 8.64. The van der Waals surface area contributed by atoms with Crippen LogP contribution in [0.25, 0.3) is 0 Å². The number of rotatable bonds is 13. The molecule has 0 saturated heterocycles. The van der Waals surface area contributed by atoms with Gasteiger partial charge in [0.2, 0.25) is 0 Å². The van der Waals surface area contributed by atoms with Crippen LogP contribution in [0.1, 0.15) is 90.9 Å². The first-order chi connectivity index (χ1) is 9.26. The number of nitrogens with two attached hydrogens (primary N) is 1. The summed E-state index contributed by atoms with van der Waals surface area (Å²) in [6.07, 6.45) is 15.1. The van der Waals surface area contributed by atoms with Crippen molar-refractivity contribution in [2.75, 3.05) is 0 Å². The minimum absolute atomic E-state index is 1.01. The first-order valence-corrected chi connectivity index (χ1v) is 8.21. The van der Waals surface area contributed by atoms with Crippen molar-refractivity contribution in [2.45, 2.75) is 90.9 Å². The molecule has 0 radical (unpaired) electrons. The molecule has 0 spiro atoms. The Morgan fingerprint density at radius 2 is 1.26 bits per heavy atom. The van der Waals surface area contributed by atoms with E-state index in [0.717, 1.165) is 24.1 Å². The molecule has 0 aromatic rings. The number of hydrazone groups is 1. The summed E-state index contributed by atoms with van der Waals surface area (Å²) in [5.74, 6) is 5.49. The summed E-state index contributed by atoms with van der Waals surface area (Å²) in [4.78, 5) is 0. The van der Waals surface area contributed by atoms with E-state index >= 15 is 0 Å². The molecule has 0 fully saturated rings. The van der Waals surface area contributed by atoms with Crippen molar-refractivity contribution < 1.29 is 0 Å². The van der Waals surface area contributed by atoms with E-state index in [1.165, 1.54) is 64.2 Å². The maximum Gasteiger partial charge on any atom is 0.0626 e. The molecule has 0 aromatic heterocycles. The Hall–Kier alpha value is -0.790. The van der Waals surface area contributed by atoms with Gasteiger partial charge in [-0.15, -0.1) is 0 Å². The van der Waals surface area contributed by atoms with E-state index in [1.54, 1.807) is 0 Å². The first-order valence-electron chi connectivity index (χ1n) is 8.21. The molecule has 0 heterocycles. The predicted molar refractivity (Wildman–Crippen MR) is 87.5 cm³/mol. The largest absolute Gasteiger partial charge is 0.323 e. The monoisotopic (exact) mass is 266 g/mol. The summed E-state index contributed by atoms with van der Waals surface area (Å²) in [5, 5.41) is 3.94. The van der Waals surface area contributed by atoms with Crippen molar-refractivity contribution in [1.82, 2.24) is 0 Å². The topological polar surface area (TPSA) is 38.4 Å². The van der Waals surface area contributed by atoms with E-state index in [-0.39, 0.29) is 0 Å². The minimum atomic E-state index is 1.01. The van der Waals surface area contributed by atoms with Crippen LogP contribution in [0.3, 0.4) is 0 Å². The lowest BCUT2D eigenvalue weighted by molar-refractivity contribution is 0.630. The first kappa shape index (κ1) is 18.2. The molecule has 0 saturated carbocycles. The fraction of sp³-hybridized carbons (Fsp3) is 0.824. The van der Waals surface area contributed by atoms with Gasteiger partial charge < -0.3 is 5.84 Å². The molecule has 0 aliphatic rings. The Labute approximate surface area is 120 Å². The molecule has 2 nitrogen and oxygen atoms in total. The molecule has 19 heavy (non-hydrogen) atoms. The molecule has 0 atom stereocenters. The zero-order valence-corrected chi connectivity index (χ0v) is 13.2. The van der Waals surface area contributed by atoms with Gasteiger partial charge in [0, 0.05) is 0 Å². The van der Waals surface area contributed by atoms with Gasteiger partial charge in [0.25, 0.3) is 0 Å². The number of hydrogen-bond donors (Lipinski definition) is 1. The molecular weight excluding hydrogens is 232 g/mol. The smallest absolute Gasteiger partial charge is 0.0626 e. The third-order valence-electron chi connectivity index (χ3n) is 3.66. The van der Waals surface area contributed by atoms with Crippen LogP contribution in [0.15, 0.2) is 17.3 Å². The van der Waals surface area contributed by atoms with Crippen molar-refractivity contribution in [3.63, 3.8) is 0 Å². The highest BCUT2D eigenvalue weighted by atomic mass is 15.1. The molecular formula is C17H34N2. The Kier molecular flexibility index (Phi) is 13.1. The van der Waals surface area contributed by atoms with Gasteiger partial charge in [-0.05, 0) is 31.3 Å². The number of allylic oxidation sites excluding steroid dienone is 1. The van der Waals surface area contributed by atoms with E-state index in [9.17, 15) is 0 Å². The van der Waals surface area contributed by atoms with Crippen molar-refractivity contribution in [1.29, 1.82) is 0 Å². The summed E-state index contributed by atoms with van der Waals surface area (Å²) < 4.78 is 0. The average molecular weight is 266 g/mol.